The molecule has 0 aliphatic rings. The molecule has 0 radical (unpaired) electrons. The Morgan fingerprint density at radius 3 is 2.59 bits per heavy atom. The second-order valence-electron chi connectivity index (χ2n) is 4.14. The molecule has 1 unspecified atom stereocenters. The first-order valence-corrected chi connectivity index (χ1v) is 7.18. The van der Waals surface area contributed by atoms with Crippen LogP contribution in [0.1, 0.15) is 25.6 Å². The Balaban J connectivity index is 2.38. The highest BCUT2D eigenvalue weighted by atomic mass is 32.1. The van der Waals surface area contributed by atoms with E-state index >= 15 is 0 Å². The van der Waals surface area contributed by atoms with Gasteiger partial charge in [-0.1, -0.05) is 13.0 Å². The van der Waals surface area contributed by atoms with Crippen molar-refractivity contribution in [2.24, 2.45) is 10.9 Å². The zero-order valence-corrected chi connectivity index (χ0v) is 11.8. The number of nitrogens with one attached hydrogen (secondary N) is 2. The maximum Gasteiger partial charge on any atom is 0.191 e. The van der Waals surface area contributed by atoms with E-state index in [-0.39, 0.29) is 0 Å². The maximum atomic E-state index is 4.58. The van der Waals surface area contributed by atoms with E-state index in [0.717, 1.165) is 32.0 Å². The minimum absolute atomic E-state index is 0.584. The van der Waals surface area contributed by atoms with Gasteiger partial charge in [-0.25, -0.2) is 0 Å². The van der Waals surface area contributed by atoms with Crippen molar-refractivity contribution in [3.05, 3.63) is 22.4 Å². The summed E-state index contributed by atoms with van der Waals surface area (Å²) >= 11 is 1.83. The summed E-state index contributed by atoms with van der Waals surface area (Å²) in [6.07, 6.45) is 1.12. The Labute approximate surface area is 108 Å². The van der Waals surface area contributed by atoms with Crippen LogP contribution in [0.15, 0.2) is 22.5 Å². The fourth-order valence-corrected chi connectivity index (χ4v) is 2.46. The van der Waals surface area contributed by atoms with Crippen LogP contribution in [-0.4, -0.2) is 25.6 Å². The lowest BCUT2D eigenvalue weighted by Gasteiger charge is -2.11. The van der Waals surface area contributed by atoms with Gasteiger partial charge in [0.15, 0.2) is 5.96 Å². The minimum atomic E-state index is 0.584. The monoisotopic (exact) mass is 253 g/mol. The lowest BCUT2D eigenvalue weighted by atomic mass is 10.1. The normalized spacial score (nSPS) is 11.9. The lowest BCUT2D eigenvalue weighted by Crippen LogP contribution is -2.37. The van der Waals surface area contributed by atoms with Crippen molar-refractivity contribution in [3.8, 4) is 0 Å². The molecule has 4 heteroatoms. The molecule has 0 fully saturated rings. The lowest BCUT2D eigenvalue weighted by molar-refractivity contribution is 0.595. The van der Waals surface area contributed by atoms with E-state index in [1.807, 2.05) is 11.3 Å². The third-order valence-corrected chi connectivity index (χ3v) is 3.28. The van der Waals surface area contributed by atoms with Crippen molar-refractivity contribution in [2.45, 2.75) is 27.2 Å². The first kappa shape index (κ1) is 14.0. The Morgan fingerprint density at radius 1 is 1.35 bits per heavy atom. The van der Waals surface area contributed by atoms with Gasteiger partial charge < -0.3 is 10.6 Å². The van der Waals surface area contributed by atoms with Crippen LogP contribution in [0.5, 0.6) is 0 Å². The molecule has 0 aromatic carbocycles. The number of aliphatic imine (C=N–C) groups is 1. The van der Waals surface area contributed by atoms with Gasteiger partial charge >= 0.3 is 0 Å². The van der Waals surface area contributed by atoms with Gasteiger partial charge in [-0.05, 0) is 37.6 Å². The van der Waals surface area contributed by atoms with E-state index in [1.54, 1.807) is 0 Å². The van der Waals surface area contributed by atoms with Gasteiger partial charge in [-0.2, -0.15) is 0 Å². The molecule has 0 amide bonds. The van der Waals surface area contributed by atoms with E-state index in [2.05, 4.69) is 53.9 Å². The third kappa shape index (κ3) is 5.73. The number of guanidine groups is 1. The van der Waals surface area contributed by atoms with Crippen LogP contribution < -0.4 is 10.6 Å². The molecule has 0 spiro atoms. The summed E-state index contributed by atoms with van der Waals surface area (Å²) in [5.41, 5.74) is 0. The van der Waals surface area contributed by atoms with Crippen LogP contribution in [0, 0.1) is 5.92 Å². The van der Waals surface area contributed by atoms with Gasteiger partial charge in [0.25, 0.3) is 0 Å². The predicted molar refractivity (Wildman–Crippen MR) is 76.8 cm³/mol. The molecule has 0 bridgehead atoms. The number of thiophene rings is 1. The summed E-state index contributed by atoms with van der Waals surface area (Å²) in [5.74, 6) is 1.51. The zero-order valence-electron chi connectivity index (χ0n) is 11.0. The summed E-state index contributed by atoms with van der Waals surface area (Å²) in [4.78, 5) is 6.03. The second-order valence-corrected chi connectivity index (χ2v) is 5.17. The van der Waals surface area contributed by atoms with E-state index in [9.17, 15) is 0 Å². The average Bonchev–Trinajstić information content (AvgIpc) is 2.79. The van der Waals surface area contributed by atoms with Gasteiger partial charge in [0, 0.05) is 24.5 Å². The van der Waals surface area contributed by atoms with Gasteiger partial charge in [0.05, 0.1) is 0 Å². The Morgan fingerprint density at radius 2 is 2.06 bits per heavy atom. The molecule has 1 rings (SSSR count). The first-order chi connectivity index (χ1) is 8.26. The molecule has 2 N–H and O–H groups in total. The van der Waals surface area contributed by atoms with Gasteiger partial charge in [-0.15, -0.1) is 11.3 Å². The molecule has 0 saturated carbocycles. The van der Waals surface area contributed by atoms with Crippen molar-refractivity contribution in [1.82, 2.24) is 10.6 Å². The predicted octanol–water partition coefficient (Wildman–Crippen LogP) is 2.50. The van der Waals surface area contributed by atoms with Crippen LogP contribution in [0.25, 0.3) is 0 Å². The highest BCUT2D eigenvalue weighted by Crippen LogP contribution is 2.14. The highest BCUT2D eigenvalue weighted by Gasteiger charge is 2.04. The third-order valence-electron chi connectivity index (χ3n) is 2.38. The van der Waals surface area contributed by atoms with Crippen LogP contribution >= 0.6 is 11.3 Å². The topological polar surface area (TPSA) is 36.4 Å². The molecule has 1 heterocycles. The fraction of sp³-hybridized carbons (Fsp3) is 0.615. The number of hydrogen-bond acceptors (Lipinski definition) is 2. The Kier molecular flexibility index (Phi) is 6.70. The summed E-state index contributed by atoms with van der Waals surface area (Å²) in [5, 5.41) is 8.61. The summed E-state index contributed by atoms with van der Waals surface area (Å²) in [6.45, 7) is 9.10. The standard InChI is InChI=1S/C13H23N3S/c1-4-14-13(15-5-2)16-10-11(3)9-12-7-6-8-17-12/h6-8,11H,4-5,9-10H2,1-3H3,(H2,14,15,16). The van der Waals surface area contributed by atoms with Crippen molar-refractivity contribution < 1.29 is 0 Å². The van der Waals surface area contributed by atoms with Crippen molar-refractivity contribution >= 4 is 17.3 Å². The average molecular weight is 253 g/mol. The van der Waals surface area contributed by atoms with Crippen LogP contribution in [-0.2, 0) is 6.42 Å². The summed E-state index contributed by atoms with van der Waals surface area (Å²) in [7, 11) is 0. The van der Waals surface area contributed by atoms with Crippen LogP contribution in [0.3, 0.4) is 0 Å². The SMILES string of the molecule is CCNC(=NCC(C)Cc1cccs1)NCC. The van der Waals surface area contributed by atoms with Gasteiger partial charge in [-0.3, -0.25) is 4.99 Å². The van der Waals surface area contributed by atoms with Gasteiger partial charge in [0.2, 0.25) is 0 Å². The smallest absolute Gasteiger partial charge is 0.191 e. The zero-order chi connectivity index (χ0) is 12.5. The molecule has 0 saturated heterocycles. The van der Waals surface area contributed by atoms with Crippen molar-refractivity contribution in [3.63, 3.8) is 0 Å². The maximum absolute atomic E-state index is 4.58. The summed E-state index contributed by atoms with van der Waals surface area (Å²) in [6, 6.07) is 4.30. The number of rotatable bonds is 6. The molecule has 0 aliphatic carbocycles. The van der Waals surface area contributed by atoms with E-state index in [0.29, 0.717) is 5.92 Å². The molecule has 0 aliphatic heterocycles. The van der Waals surface area contributed by atoms with Crippen molar-refractivity contribution in [2.75, 3.05) is 19.6 Å². The van der Waals surface area contributed by atoms with E-state index in [1.165, 1.54) is 4.88 Å². The highest BCUT2D eigenvalue weighted by molar-refractivity contribution is 7.09. The largest absolute Gasteiger partial charge is 0.357 e. The molecule has 3 nitrogen and oxygen atoms in total. The second kappa shape index (κ2) is 8.12. The minimum Gasteiger partial charge on any atom is -0.357 e. The van der Waals surface area contributed by atoms with Crippen molar-refractivity contribution in [1.29, 1.82) is 0 Å². The quantitative estimate of drug-likeness (QED) is 0.604. The number of hydrogen-bond donors (Lipinski definition) is 2. The molecule has 1 aromatic heterocycles. The van der Waals surface area contributed by atoms with E-state index < -0.39 is 0 Å². The molecular formula is C13H23N3S. The van der Waals surface area contributed by atoms with Crippen LogP contribution in [0.2, 0.25) is 0 Å². The van der Waals surface area contributed by atoms with E-state index in [4.69, 9.17) is 0 Å². The fourth-order valence-electron chi connectivity index (χ4n) is 1.59. The summed E-state index contributed by atoms with van der Waals surface area (Å²) < 4.78 is 0. The molecular weight excluding hydrogens is 230 g/mol. The van der Waals surface area contributed by atoms with Gasteiger partial charge in [0.1, 0.15) is 0 Å². The molecule has 96 valence electrons. The molecule has 17 heavy (non-hydrogen) atoms. The first-order valence-electron chi connectivity index (χ1n) is 6.30. The Hall–Kier alpha value is -1.03. The Bertz CT molecular complexity index is 311. The molecule has 1 atom stereocenters. The number of nitrogens with zero attached hydrogens (tertiary/aromatic N) is 1. The van der Waals surface area contributed by atoms with Crippen LogP contribution in [0.4, 0.5) is 0 Å². The molecule has 1 aromatic rings.